The van der Waals surface area contributed by atoms with E-state index in [9.17, 15) is 14.7 Å². The molecule has 0 aromatic rings. The van der Waals surface area contributed by atoms with Crippen LogP contribution in [0.2, 0.25) is 0 Å². The lowest BCUT2D eigenvalue weighted by molar-refractivity contribution is -0.137. The molecule has 0 aromatic heterocycles. The van der Waals surface area contributed by atoms with Gasteiger partial charge in [0.15, 0.2) is 5.78 Å². The van der Waals surface area contributed by atoms with E-state index in [4.69, 9.17) is 5.11 Å². The van der Waals surface area contributed by atoms with Crippen LogP contribution in [0, 0.1) is 11.8 Å². The lowest BCUT2D eigenvalue weighted by Crippen LogP contribution is -2.14. The number of ketones is 1. The van der Waals surface area contributed by atoms with Crippen LogP contribution in [0.3, 0.4) is 0 Å². The Morgan fingerprint density at radius 2 is 2.08 bits per heavy atom. The predicted octanol–water partition coefficient (Wildman–Crippen LogP) is 3.83. The molecule has 3 atom stereocenters. The van der Waals surface area contributed by atoms with Crippen molar-refractivity contribution in [3.63, 3.8) is 0 Å². The maximum absolute atomic E-state index is 11.9. The van der Waals surface area contributed by atoms with E-state index >= 15 is 0 Å². The van der Waals surface area contributed by atoms with E-state index < -0.39 is 12.1 Å². The molecule has 4 nitrogen and oxygen atoms in total. The number of carboxylic acids is 1. The first-order valence-corrected chi connectivity index (χ1v) is 8.64. The van der Waals surface area contributed by atoms with Crippen molar-refractivity contribution in [3.05, 3.63) is 48.6 Å². The summed E-state index contributed by atoms with van der Waals surface area (Å²) in [6.45, 7) is 2.05. The number of hydrogen-bond donors (Lipinski definition) is 2. The van der Waals surface area contributed by atoms with Crippen molar-refractivity contribution in [3.8, 4) is 0 Å². The molecule has 132 valence electrons. The maximum atomic E-state index is 11.9. The highest BCUT2D eigenvalue weighted by Crippen LogP contribution is 2.27. The summed E-state index contributed by atoms with van der Waals surface area (Å²) in [5.41, 5.74) is 0. The van der Waals surface area contributed by atoms with Crippen molar-refractivity contribution in [2.24, 2.45) is 11.8 Å². The van der Waals surface area contributed by atoms with Gasteiger partial charge in [-0.25, -0.2) is 0 Å². The number of rotatable bonds is 11. The second-order valence-electron chi connectivity index (χ2n) is 6.01. The van der Waals surface area contributed by atoms with Gasteiger partial charge in [-0.3, -0.25) is 9.59 Å². The molecule has 2 N–H and O–H groups in total. The summed E-state index contributed by atoms with van der Waals surface area (Å²) in [7, 11) is 0. The quantitative estimate of drug-likeness (QED) is 0.445. The number of aliphatic hydroxyl groups is 1. The van der Waals surface area contributed by atoms with Gasteiger partial charge in [0, 0.05) is 18.3 Å². The van der Waals surface area contributed by atoms with Crippen molar-refractivity contribution in [1.29, 1.82) is 0 Å². The van der Waals surface area contributed by atoms with E-state index in [0.717, 1.165) is 6.42 Å². The molecule has 0 aliphatic heterocycles. The molecule has 0 fully saturated rings. The monoisotopic (exact) mass is 332 g/mol. The summed E-state index contributed by atoms with van der Waals surface area (Å²) in [5.74, 6) is -0.766. The standard InChI is InChI=1S/C20H28O4/c1-2-3-6-9-17(21)14-12-16-13-15-19(22)18(16)10-7-4-5-8-11-20(23)24/h3-4,6-7,12-18,21H,2,5,8-11H2,1H3,(H,23,24)/b6-3+,7-4-,14-12+/t16-,17+,18-/m1/s1. The average Bonchev–Trinajstić information content (AvgIpc) is 2.89. The highest BCUT2D eigenvalue weighted by Gasteiger charge is 2.27. The van der Waals surface area contributed by atoms with E-state index in [2.05, 4.69) is 0 Å². The zero-order valence-electron chi connectivity index (χ0n) is 14.3. The lowest BCUT2D eigenvalue weighted by Gasteiger charge is -2.13. The van der Waals surface area contributed by atoms with Crippen LogP contribution in [0.5, 0.6) is 0 Å². The van der Waals surface area contributed by atoms with E-state index in [1.807, 2.05) is 43.4 Å². The number of unbranched alkanes of at least 4 members (excludes halogenated alkanes) is 1. The van der Waals surface area contributed by atoms with Crippen LogP contribution >= 0.6 is 0 Å². The minimum Gasteiger partial charge on any atom is -0.481 e. The Balaban J connectivity index is 2.42. The summed E-state index contributed by atoms with van der Waals surface area (Å²) in [6, 6.07) is 0. The molecule has 24 heavy (non-hydrogen) atoms. The summed E-state index contributed by atoms with van der Waals surface area (Å²) in [5, 5.41) is 18.5. The van der Waals surface area contributed by atoms with Crippen LogP contribution in [0.25, 0.3) is 0 Å². The third kappa shape index (κ3) is 8.06. The van der Waals surface area contributed by atoms with Crippen LogP contribution < -0.4 is 0 Å². The molecular formula is C20H28O4. The second-order valence-corrected chi connectivity index (χ2v) is 6.01. The molecular weight excluding hydrogens is 304 g/mol. The van der Waals surface area contributed by atoms with Gasteiger partial charge in [-0.05, 0) is 38.2 Å². The van der Waals surface area contributed by atoms with Crippen LogP contribution in [0.1, 0.15) is 45.4 Å². The number of aliphatic hydroxyl groups excluding tert-OH is 1. The van der Waals surface area contributed by atoms with Gasteiger partial charge in [-0.15, -0.1) is 0 Å². The third-order valence-corrected chi connectivity index (χ3v) is 3.97. The van der Waals surface area contributed by atoms with Crippen LogP contribution in [0.4, 0.5) is 0 Å². The van der Waals surface area contributed by atoms with Gasteiger partial charge in [0.2, 0.25) is 0 Å². The molecule has 1 aliphatic carbocycles. The van der Waals surface area contributed by atoms with Crippen LogP contribution in [-0.4, -0.2) is 28.1 Å². The second kappa shape index (κ2) is 11.6. The van der Waals surface area contributed by atoms with Crippen molar-refractivity contribution >= 4 is 11.8 Å². The van der Waals surface area contributed by atoms with Gasteiger partial charge < -0.3 is 10.2 Å². The third-order valence-electron chi connectivity index (χ3n) is 3.97. The Bertz CT molecular complexity index is 514. The first kappa shape index (κ1) is 20.1. The summed E-state index contributed by atoms with van der Waals surface area (Å²) >= 11 is 0. The highest BCUT2D eigenvalue weighted by atomic mass is 16.4. The number of aliphatic carboxylic acids is 1. The normalized spacial score (nSPS) is 22.3. The molecule has 0 saturated heterocycles. The number of carboxylic acid groups (broad SMARTS) is 1. The molecule has 0 saturated carbocycles. The summed E-state index contributed by atoms with van der Waals surface area (Å²) < 4.78 is 0. The van der Waals surface area contributed by atoms with E-state index in [1.54, 1.807) is 12.2 Å². The molecule has 0 spiro atoms. The first-order valence-electron chi connectivity index (χ1n) is 8.64. The zero-order chi connectivity index (χ0) is 17.8. The molecule has 0 aromatic carbocycles. The van der Waals surface area contributed by atoms with Crippen molar-refractivity contribution in [2.75, 3.05) is 0 Å². The fraction of sp³-hybridized carbons (Fsp3) is 0.500. The van der Waals surface area contributed by atoms with E-state index in [0.29, 0.717) is 25.7 Å². The van der Waals surface area contributed by atoms with Gasteiger partial charge in [0.25, 0.3) is 0 Å². The molecule has 1 rings (SSSR count). The molecule has 0 heterocycles. The Kier molecular flexibility index (Phi) is 9.70. The Hall–Kier alpha value is -1.94. The molecule has 0 unspecified atom stereocenters. The fourth-order valence-corrected chi connectivity index (χ4v) is 2.59. The summed E-state index contributed by atoms with van der Waals surface area (Å²) in [4.78, 5) is 22.4. The van der Waals surface area contributed by atoms with Gasteiger partial charge in [0.05, 0.1) is 6.10 Å². The van der Waals surface area contributed by atoms with Crippen LogP contribution in [0.15, 0.2) is 48.6 Å². The minimum absolute atomic E-state index is 0.0194. The van der Waals surface area contributed by atoms with Crippen molar-refractivity contribution < 1.29 is 19.8 Å². The highest BCUT2D eigenvalue weighted by molar-refractivity contribution is 5.95. The smallest absolute Gasteiger partial charge is 0.303 e. The molecule has 0 bridgehead atoms. The molecule has 1 aliphatic rings. The average molecular weight is 332 g/mol. The Morgan fingerprint density at radius 1 is 1.29 bits per heavy atom. The van der Waals surface area contributed by atoms with E-state index in [-0.39, 0.29) is 24.0 Å². The SMILES string of the molecule is CC/C=C/C[C@H](O)/C=C/[C@@H]1C=CC(=O)[C@@H]1C/C=C\CCCC(=O)O. The Labute approximate surface area is 144 Å². The van der Waals surface area contributed by atoms with Gasteiger partial charge >= 0.3 is 5.97 Å². The van der Waals surface area contributed by atoms with Crippen LogP contribution in [-0.2, 0) is 9.59 Å². The fourth-order valence-electron chi connectivity index (χ4n) is 2.59. The number of carbonyl (C=O) groups is 2. The predicted molar refractivity (Wildman–Crippen MR) is 95.6 cm³/mol. The van der Waals surface area contributed by atoms with Gasteiger partial charge in [-0.2, -0.15) is 0 Å². The molecule has 4 heteroatoms. The minimum atomic E-state index is -0.781. The number of hydrogen-bond acceptors (Lipinski definition) is 3. The molecule has 0 amide bonds. The van der Waals surface area contributed by atoms with E-state index in [1.165, 1.54) is 0 Å². The van der Waals surface area contributed by atoms with Crippen molar-refractivity contribution in [2.45, 2.75) is 51.6 Å². The van der Waals surface area contributed by atoms with Crippen molar-refractivity contribution in [1.82, 2.24) is 0 Å². The first-order chi connectivity index (χ1) is 11.5. The number of allylic oxidation sites excluding steroid dienone is 6. The maximum Gasteiger partial charge on any atom is 0.303 e. The molecule has 0 radical (unpaired) electrons. The topological polar surface area (TPSA) is 74.6 Å². The largest absolute Gasteiger partial charge is 0.481 e. The summed E-state index contributed by atoms with van der Waals surface area (Å²) in [6.07, 6.45) is 18.2. The van der Waals surface area contributed by atoms with Gasteiger partial charge in [0.1, 0.15) is 0 Å². The van der Waals surface area contributed by atoms with Gasteiger partial charge in [-0.1, -0.05) is 49.5 Å². The Morgan fingerprint density at radius 3 is 2.79 bits per heavy atom. The lowest BCUT2D eigenvalue weighted by atomic mass is 9.90. The zero-order valence-corrected chi connectivity index (χ0v) is 14.3. The number of carbonyl (C=O) groups excluding carboxylic acids is 1.